The van der Waals surface area contributed by atoms with Gasteiger partial charge in [-0.25, -0.2) is 0 Å². The maximum absolute atomic E-state index is 14.1. The molecule has 1 aromatic carbocycles. The third-order valence-electron chi connectivity index (χ3n) is 10.7. The second-order valence-electron chi connectivity index (χ2n) is 16.2. The highest BCUT2D eigenvalue weighted by Gasteiger charge is 2.33. The van der Waals surface area contributed by atoms with E-state index in [1.807, 2.05) is 6.08 Å². The molecule has 0 bridgehead atoms. The van der Waals surface area contributed by atoms with Gasteiger partial charge in [0, 0.05) is 52.2 Å². The third-order valence-corrected chi connectivity index (χ3v) is 10.7. The van der Waals surface area contributed by atoms with Crippen molar-refractivity contribution in [2.24, 2.45) is 34.0 Å². The molecule has 2 fully saturated rings. The first-order valence-corrected chi connectivity index (χ1v) is 22.1. The molecule has 0 radical (unpaired) electrons. The van der Waals surface area contributed by atoms with Crippen LogP contribution >= 0.6 is 0 Å². The number of carbonyl (C=O) groups is 7. The Hall–Kier alpha value is -5.72. The van der Waals surface area contributed by atoms with Crippen LogP contribution in [0.5, 0.6) is 5.75 Å². The van der Waals surface area contributed by atoms with Gasteiger partial charge in [0.15, 0.2) is 5.96 Å². The predicted octanol–water partition coefficient (Wildman–Crippen LogP) is 0.883. The maximum Gasteiger partial charge on any atom is 0.303 e. The number of carbonyl (C=O) groups excluding carboxylic acids is 6. The lowest BCUT2D eigenvalue weighted by Gasteiger charge is -2.33. The standard InChI is InChI=1S/C39H61N9O9.C5H11N/c40-33(51)23-45(19-6-9-38(56)57)35(53)26-47(21-30-7-2-1-3-8-30)37(55)27-48(22-31-10-11-31)36(54)25-46(18-5-4-17-43-39(41)42)34(52)24-44(28-49)20-16-29-12-14-32(50)15-13-29;1-3-5-6-4-2/h12-15,28,30-31,50H,1-11,16-27H2,(H2,40,51)(H,56,57)(H4,41,42,43);3,6H,1,4-5H2,2H3. The Bertz CT molecular complexity index is 1630. The first-order valence-electron chi connectivity index (χ1n) is 22.1. The maximum atomic E-state index is 14.1. The molecular formula is C44H72N10O9. The number of phenols is 1. The average Bonchev–Trinajstić information content (AvgIpc) is 4.07. The van der Waals surface area contributed by atoms with Gasteiger partial charge < -0.3 is 57.2 Å². The topological polar surface area (TPSA) is 279 Å². The van der Waals surface area contributed by atoms with E-state index in [9.17, 15) is 38.7 Å². The number of nitrogens with zero attached hydrogens (tertiary/aromatic N) is 6. The summed E-state index contributed by atoms with van der Waals surface area (Å²) in [5.41, 5.74) is 17.2. The van der Waals surface area contributed by atoms with E-state index in [2.05, 4.69) is 23.8 Å². The molecular weight excluding hydrogens is 813 g/mol. The Morgan fingerprint density at radius 1 is 0.746 bits per heavy atom. The number of phenolic OH excluding ortho intramolecular Hbond substituents is 1. The van der Waals surface area contributed by atoms with Crippen molar-refractivity contribution in [3.05, 3.63) is 42.5 Å². The summed E-state index contributed by atoms with van der Waals surface area (Å²) in [6.07, 6.45) is 10.3. The van der Waals surface area contributed by atoms with Crippen LogP contribution in [0.1, 0.15) is 83.1 Å². The summed E-state index contributed by atoms with van der Waals surface area (Å²) in [5.74, 6) is -3.36. The zero-order valence-corrected chi connectivity index (χ0v) is 37.2. The SMILES string of the molecule is C=CCNCC.NC(=O)CN(CCCC(=O)O)C(=O)CN(CC1CCCCC1)C(=O)CN(CC1CC1)C(=O)CN(CCCCN=C(N)N)C(=O)CN(C=O)CCc1ccc(O)cc1. The third kappa shape index (κ3) is 23.9. The number of hydrogen-bond donors (Lipinski definition) is 6. The molecule has 0 unspecified atom stereocenters. The number of rotatable bonds is 30. The van der Waals surface area contributed by atoms with E-state index in [1.54, 1.807) is 12.1 Å². The van der Waals surface area contributed by atoms with Gasteiger partial charge in [-0.1, -0.05) is 44.4 Å². The first kappa shape index (κ1) is 53.4. The second kappa shape index (κ2) is 30.3. The highest BCUT2D eigenvalue weighted by molar-refractivity contribution is 5.91. The quantitative estimate of drug-likeness (QED) is 0.0207. The van der Waals surface area contributed by atoms with Gasteiger partial charge in [0.25, 0.3) is 0 Å². The second-order valence-corrected chi connectivity index (χ2v) is 16.2. The summed E-state index contributed by atoms with van der Waals surface area (Å²) in [6.45, 7) is 7.07. The molecule has 6 amide bonds. The fourth-order valence-electron chi connectivity index (χ4n) is 7.03. The largest absolute Gasteiger partial charge is 0.508 e. The number of amides is 6. The molecule has 2 saturated carbocycles. The lowest BCUT2D eigenvalue weighted by molar-refractivity contribution is -0.147. The van der Waals surface area contributed by atoms with Crippen LogP contribution in [-0.4, -0.2) is 168 Å². The van der Waals surface area contributed by atoms with Crippen LogP contribution in [-0.2, 0) is 40.0 Å². The molecule has 0 atom stereocenters. The molecule has 0 saturated heterocycles. The van der Waals surface area contributed by atoms with Crippen LogP contribution < -0.4 is 22.5 Å². The van der Waals surface area contributed by atoms with Crippen LogP contribution in [0.25, 0.3) is 0 Å². The van der Waals surface area contributed by atoms with Crippen molar-refractivity contribution >= 4 is 47.9 Å². The molecule has 1 aromatic rings. The number of nitrogens with two attached hydrogens (primary N) is 3. The lowest BCUT2D eigenvalue weighted by Crippen LogP contribution is -2.52. The summed E-state index contributed by atoms with van der Waals surface area (Å²) in [6, 6.07) is 6.53. The fourth-order valence-corrected chi connectivity index (χ4v) is 7.03. The summed E-state index contributed by atoms with van der Waals surface area (Å²) in [7, 11) is 0. The lowest BCUT2D eigenvalue weighted by atomic mass is 9.89. The van der Waals surface area contributed by atoms with Gasteiger partial charge in [-0.15, -0.1) is 6.58 Å². The van der Waals surface area contributed by atoms with Crippen molar-refractivity contribution < 1.29 is 43.8 Å². The minimum Gasteiger partial charge on any atom is -0.508 e. The van der Waals surface area contributed by atoms with Gasteiger partial charge in [0.2, 0.25) is 35.9 Å². The number of hydrogen-bond acceptors (Lipinski definition) is 10. The van der Waals surface area contributed by atoms with Crippen LogP contribution in [0.2, 0.25) is 0 Å². The van der Waals surface area contributed by atoms with Crippen molar-refractivity contribution in [3.8, 4) is 5.75 Å². The number of aliphatic carboxylic acids is 1. The first-order chi connectivity index (χ1) is 30.1. The van der Waals surface area contributed by atoms with Gasteiger partial charge in [-0.3, -0.25) is 38.6 Å². The minimum absolute atomic E-state index is 0.0278. The number of aromatic hydroxyl groups is 1. The Balaban J connectivity index is 0.00000212. The molecule has 2 aliphatic carbocycles. The van der Waals surface area contributed by atoms with Gasteiger partial charge in [-0.05, 0) is 87.4 Å². The number of unbranched alkanes of at least 4 members (excludes halogenated alkanes) is 1. The minimum atomic E-state index is -1.05. The van der Waals surface area contributed by atoms with E-state index >= 15 is 0 Å². The van der Waals surface area contributed by atoms with Crippen molar-refractivity contribution in [3.63, 3.8) is 0 Å². The van der Waals surface area contributed by atoms with Crippen LogP contribution in [0.4, 0.5) is 0 Å². The number of carboxylic acid groups (broad SMARTS) is 1. The zero-order valence-electron chi connectivity index (χ0n) is 37.2. The number of guanidine groups is 1. The number of nitrogens with one attached hydrogen (secondary N) is 1. The molecule has 19 heteroatoms. The molecule has 3 rings (SSSR count). The van der Waals surface area contributed by atoms with E-state index in [0.29, 0.717) is 38.8 Å². The molecule has 2 aliphatic rings. The van der Waals surface area contributed by atoms with Gasteiger partial charge in [0.05, 0.1) is 32.7 Å². The Morgan fingerprint density at radius 3 is 1.79 bits per heavy atom. The molecule has 352 valence electrons. The van der Waals surface area contributed by atoms with Gasteiger partial charge in [-0.2, -0.15) is 0 Å². The average molecular weight is 885 g/mol. The van der Waals surface area contributed by atoms with Crippen LogP contribution in [0.3, 0.4) is 0 Å². The molecule has 19 nitrogen and oxygen atoms in total. The number of carboxylic acids is 1. The van der Waals surface area contributed by atoms with Crippen LogP contribution in [0.15, 0.2) is 41.9 Å². The summed E-state index contributed by atoms with van der Waals surface area (Å²) in [4.78, 5) is 101. The van der Waals surface area contributed by atoms with E-state index in [1.165, 1.54) is 36.6 Å². The van der Waals surface area contributed by atoms with Crippen molar-refractivity contribution in [1.29, 1.82) is 0 Å². The molecule has 63 heavy (non-hydrogen) atoms. The predicted molar refractivity (Wildman–Crippen MR) is 240 cm³/mol. The molecule has 0 aliphatic heterocycles. The van der Waals surface area contributed by atoms with E-state index in [4.69, 9.17) is 22.3 Å². The normalized spacial score (nSPS) is 13.3. The smallest absolute Gasteiger partial charge is 0.303 e. The fraction of sp³-hybridized carbons (Fsp3) is 0.636. The van der Waals surface area contributed by atoms with E-state index < -0.39 is 42.0 Å². The number of likely N-dealkylation sites (N-methyl/N-ethyl adjacent to an activating group) is 1. The highest BCUT2D eigenvalue weighted by Crippen LogP contribution is 2.30. The Morgan fingerprint density at radius 2 is 1.29 bits per heavy atom. The van der Waals surface area contributed by atoms with E-state index in [0.717, 1.165) is 63.6 Å². The number of aliphatic imine (C=N–C) groups is 1. The summed E-state index contributed by atoms with van der Waals surface area (Å²) < 4.78 is 0. The van der Waals surface area contributed by atoms with Gasteiger partial charge >= 0.3 is 5.97 Å². The Labute approximate surface area is 372 Å². The van der Waals surface area contributed by atoms with Crippen molar-refractivity contribution in [1.82, 2.24) is 29.8 Å². The van der Waals surface area contributed by atoms with Crippen molar-refractivity contribution in [2.75, 3.05) is 85.1 Å². The van der Waals surface area contributed by atoms with Crippen molar-refractivity contribution in [2.45, 2.75) is 84.0 Å². The van der Waals surface area contributed by atoms with Gasteiger partial charge in [0.1, 0.15) is 5.75 Å². The summed E-state index contributed by atoms with van der Waals surface area (Å²) >= 11 is 0. The monoisotopic (exact) mass is 885 g/mol. The zero-order chi connectivity index (χ0) is 46.6. The molecule has 0 aromatic heterocycles. The molecule has 0 spiro atoms. The van der Waals surface area contributed by atoms with E-state index in [-0.39, 0.29) is 88.7 Å². The molecule has 0 heterocycles. The molecule has 9 N–H and O–H groups in total. The Kier molecular flexibility index (Phi) is 25.7. The summed E-state index contributed by atoms with van der Waals surface area (Å²) in [5, 5.41) is 21.8. The highest BCUT2D eigenvalue weighted by atomic mass is 16.4. The van der Waals surface area contributed by atoms with Crippen LogP contribution in [0, 0.1) is 11.8 Å². The number of primary amides is 1. The number of benzene rings is 1.